The van der Waals surface area contributed by atoms with Crippen LogP contribution in [0.4, 0.5) is 5.69 Å². The summed E-state index contributed by atoms with van der Waals surface area (Å²) in [5, 5.41) is 2.61. The maximum absolute atomic E-state index is 11.8. The normalized spacial score (nSPS) is 9.95. The van der Waals surface area contributed by atoms with E-state index >= 15 is 0 Å². The first kappa shape index (κ1) is 16.0. The maximum atomic E-state index is 11.8. The van der Waals surface area contributed by atoms with Gasteiger partial charge < -0.3 is 20.5 Å². The average Bonchev–Trinajstić information content (AvgIpc) is 2.46. The van der Waals surface area contributed by atoms with E-state index in [-0.39, 0.29) is 12.5 Å². The Morgan fingerprint density at radius 1 is 1.30 bits per heavy atom. The predicted molar refractivity (Wildman–Crippen MR) is 75.9 cm³/mol. The van der Waals surface area contributed by atoms with Crippen molar-refractivity contribution in [3.05, 3.63) is 23.8 Å². The Morgan fingerprint density at radius 3 is 2.65 bits per heavy atom. The number of carbonyl (C=O) groups is 2. The quantitative estimate of drug-likeness (QED) is 0.739. The number of hydrogen-bond donors (Lipinski definition) is 2. The van der Waals surface area contributed by atoms with Gasteiger partial charge in [0.2, 0.25) is 5.91 Å². The van der Waals surface area contributed by atoms with Crippen LogP contribution in [0.25, 0.3) is 0 Å². The van der Waals surface area contributed by atoms with E-state index in [1.165, 1.54) is 0 Å². The van der Waals surface area contributed by atoms with Crippen LogP contribution in [-0.4, -0.2) is 31.6 Å². The van der Waals surface area contributed by atoms with Gasteiger partial charge >= 0.3 is 5.97 Å². The maximum Gasteiger partial charge on any atom is 0.338 e. The van der Waals surface area contributed by atoms with Crippen molar-refractivity contribution in [3.8, 4) is 5.75 Å². The van der Waals surface area contributed by atoms with Gasteiger partial charge in [-0.25, -0.2) is 4.79 Å². The van der Waals surface area contributed by atoms with Crippen molar-refractivity contribution in [3.63, 3.8) is 0 Å². The molecule has 0 aliphatic rings. The monoisotopic (exact) mass is 280 g/mol. The van der Waals surface area contributed by atoms with Crippen molar-refractivity contribution in [2.45, 2.75) is 20.3 Å². The first-order valence-corrected chi connectivity index (χ1v) is 6.56. The van der Waals surface area contributed by atoms with Crippen LogP contribution in [-0.2, 0) is 9.53 Å². The van der Waals surface area contributed by atoms with E-state index in [1.54, 1.807) is 18.2 Å². The highest BCUT2D eigenvalue weighted by molar-refractivity contribution is 5.95. The van der Waals surface area contributed by atoms with Crippen molar-refractivity contribution >= 4 is 17.6 Å². The number of anilines is 1. The summed E-state index contributed by atoms with van der Waals surface area (Å²) in [7, 11) is 0. The smallest absolute Gasteiger partial charge is 0.338 e. The molecule has 0 heterocycles. The van der Waals surface area contributed by atoms with E-state index in [2.05, 4.69) is 5.32 Å². The number of amides is 1. The predicted octanol–water partition coefficient (Wildman–Crippen LogP) is 1.55. The summed E-state index contributed by atoms with van der Waals surface area (Å²) in [5.41, 5.74) is 6.11. The molecule has 3 N–H and O–H groups in total. The molecule has 1 aromatic rings. The fourth-order valence-electron chi connectivity index (χ4n) is 1.51. The zero-order valence-corrected chi connectivity index (χ0v) is 11.8. The molecule has 20 heavy (non-hydrogen) atoms. The molecule has 0 fully saturated rings. The first-order chi connectivity index (χ1) is 9.62. The summed E-state index contributed by atoms with van der Waals surface area (Å²) in [6, 6.07) is 4.72. The Morgan fingerprint density at radius 2 is 2.05 bits per heavy atom. The number of hydrogen-bond acceptors (Lipinski definition) is 5. The number of esters is 1. The second kappa shape index (κ2) is 8.16. The molecular weight excluding hydrogens is 260 g/mol. The Hall–Kier alpha value is -2.08. The number of carbonyl (C=O) groups excluding carboxylic acids is 2. The molecule has 0 atom stereocenters. The third kappa shape index (κ3) is 4.55. The summed E-state index contributed by atoms with van der Waals surface area (Å²) in [5.74, 6) is -0.322. The Balaban J connectivity index is 2.93. The van der Waals surface area contributed by atoms with Crippen molar-refractivity contribution in [2.24, 2.45) is 5.73 Å². The van der Waals surface area contributed by atoms with Crippen molar-refractivity contribution < 1.29 is 19.1 Å². The highest BCUT2D eigenvalue weighted by Gasteiger charge is 2.13. The number of rotatable bonds is 7. The summed E-state index contributed by atoms with van der Waals surface area (Å²) in [6.45, 7) is 4.40. The minimum absolute atomic E-state index is 0.119. The van der Waals surface area contributed by atoms with Gasteiger partial charge in [-0.1, -0.05) is 6.92 Å². The standard InChI is InChI=1S/C14H20N2O4/c1-3-7-20-14(18)10-5-6-11(16-13(17)9-15)12(8-10)19-4-2/h5-6,8H,3-4,7,9,15H2,1-2H3,(H,16,17). The van der Waals surface area contributed by atoms with Gasteiger partial charge in [0.15, 0.2) is 0 Å². The molecule has 0 saturated carbocycles. The van der Waals surface area contributed by atoms with Crippen LogP contribution in [0.5, 0.6) is 5.75 Å². The molecule has 0 bridgehead atoms. The SMILES string of the molecule is CCCOC(=O)c1ccc(NC(=O)CN)c(OCC)c1. The zero-order valence-electron chi connectivity index (χ0n) is 11.8. The minimum atomic E-state index is -0.412. The van der Waals surface area contributed by atoms with Crippen molar-refractivity contribution in [1.82, 2.24) is 0 Å². The molecule has 6 nitrogen and oxygen atoms in total. The van der Waals surface area contributed by atoms with E-state index in [0.717, 1.165) is 6.42 Å². The fourth-order valence-corrected chi connectivity index (χ4v) is 1.51. The first-order valence-electron chi connectivity index (χ1n) is 6.56. The molecule has 0 spiro atoms. The van der Waals surface area contributed by atoms with Gasteiger partial charge in [-0.3, -0.25) is 4.79 Å². The van der Waals surface area contributed by atoms with E-state index in [1.807, 2.05) is 13.8 Å². The lowest BCUT2D eigenvalue weighted by atomic mass is 10.2. The molecule has 0 unspecified atom stereocenters. The molecule has 0 saturated heterocycles. The number of nitrogens with two attached hydrogens (primary N) is 1. The van der Waals surface area contributed by atoms with Crippen LogP contribution in [0.2, 0.25) is 0 Å². The summed E-state index contributed by atoms with van der Waals surface area (Å²) in [4.78, 5) is 23.1. The number of benzene rings is 1. The van der Waals surface area contributed by atoms with Crippen LogP contribution in [0.3, 0.4) is 0 Å². The topological polar surface area (TPSA) is 90.7 Å². The van der Waals surface area contributed by atoms with Gasteiger partial charge in [0.1, 0.15) is 5.75 Å². The number of nitrogens with one attached hydrogen (secondary N) is 1. The largest absolute Gasteiger partial charge is 0.492 e. The van der Waals surface area contributed by atoms with Gasteiger partial charge in [-0.15, -0.1) is 0 Å². The highest BCUT2D eigenvalue weighted by atomic mass is 16.5. The molecule has 1 amide bonds. The second-order valence-electron chi connectivity index (χ2n) is 4.03. The molecule has 1 aromatic carbocycles. The third-order valence-corrected chi connectivity index (χ3v) is 2.41. The fraction of sp³-hybridized carbons (Fsp3) is 0.429. The molecule has 0 radical (unpaired) electrons. The average molecular weight is 280 g/mol. The van der Waals surface area contributed by atoms with Crippen LogP contribution < -0.4 is 15.8 Å². The van der Waals surface area contributed by atoms with E-state index in [9.17, 15) is 9.59 Å². The molecular formula is C14H20N2O4. The Labute approximate surface area is 118 Å². The molecule has 6 heteroatoms. The third-order valence-electron chi connectivity index (χ3n) is 2.41. The molecule has 0 aromatic heterocycles. The molecule has 1 rings (SSSR count). The molecule has 0 aliphatic heterocycles. The van der Waals surface area contributed by atoms with Crippen molar-refractivity contribution in [2.75, 3.05) is 25.1 Å². The minimum Gasteiger partial charge on any atom is -0.492 e. The lowest BCUT2D eigenvalue weighted by Crippen LogP contribution is -2.22. The Kier molecular flexibility index (Phi) is 6.52. The van der Waals surface area contributed by atoms with Gasteiger partial charge in [0, 0.05) is 0 Å². The van der Waals surface area contributed by atoms with Gasteiger partial charge in [-0.05, 0) is 31.5 Å². The summed E-state index contributed by atoms with van der Waals surface area (Å²) in [6.07, 6.45) is 0.759. The molecule has 110 valence electrons. The van der Waals surface area contributed by atoms with Crippen LogP contribution in [0, 0.1) is 0 Å². The van der Waals surface area contributed by atoms with E-state index in [0.29, 0.717) is 30.2 Å². The van der Waals surface area contributed by atoms with E-state index < -0.39 is 5.97 Å². The lowest BCUT2D eigenvalue weighted by molar-refractivity contribution is -0.114. The lowest BCUT2D eigenvalue weighted by Gasteiger charge is -2.12. The van der Waals surface area contributed by atoms with Crippen LogP contribution in [0.15, 0.2) is 18.2 Å². The summed E-state index contributed by atoms with van der Waals surface area (Å²) >= 11 is 0. The Bertz CT molecular complexity index is 474. The van der Waals surface area contributed by atoms with E-state index in [4.69, 9.17) is 15.2 Å². The van der Waals surface area contributed by atoms with Gasteiger partial charge in [-0.2, -0.15) is 0 Å². The zero-order chi connectivity index (χ0) is 15.0. The van der Waals surface area contributed by atoms with Gasteiger partial charge in [0.25, 0.3) is 0 Å². The number of ether oxygens (including phenoxy) is 2. The second-order valence-corrected chi connectivity index (χ2v) is 4.03. The highest BCUT2D eigenvalue weighted by Crippen LogP contribution is 2.26. The van der Waals surface area contributed by atoms with Crippen LogP contribution >= 0.6 is 0 Å². The molecule has 0 aliphatic carbocycles. The van der Waals surface area contributed by atoms with Crippen LogP contribution in [0.1, 0.15) is 30.6 Å². The van der Waals surface area contributed by atoms with Gasteiger partial charge in [0.05, 0.1) is 31.0 Å². The summed E-state index contributed by atoms with van der Waals surface area (Å²) < 4.78 is 10.5. The van der Waals surface area contributed by atoms with Crippen molar-refractivity contribution in [1.29, 1.82) is 0 Å².